The van der Waals surface area contributed by atoms with E-state index in [1.807, 2.05) is 19.1 Å². The van der Waals surface area contributed by atoms with Crippen LogP contribution in [0.3, 0.4) is 0 Å². The van der Waals surface area contributed by atoms with Gasteiger partial charge >= 0.3 is 0 Å². The van der Waals surface area contributed by atoms with Crippen molar-refractivity contribution in [2.45, 2.75) is 59.0 Å². The lowest BCUT2D eigenvalue weighted by Gasteiger charge is -2.08. The number of fused-ring (bicyclic) bond motifs is 1. The number of rotatable bonds is 9. The standard InChI is InChI=1S/C17H27N3O/c1-3-5-6-7-8-11-20-16-10-9-14(21-4-2)12-15(16)19-17(20)13-18/h9-10,12H,3-8,11,13,18H2,1-2H3. The topological polar surface area (TPSA) is 53.1 Å². The van der Waals surface area contributed by atoms with Crippen LogP contribution in [-0.2, 0) is 13.1 Å². The van der Waals surface area contributed by atoms with Crippen LogP contribution in [0.1, 0.15) is 51.8 Å². The molecule has 1 aromatic heterocycles. The summed E-state index contributed by atoms with van der Waals surface area (Å²) in [5.74, 6) is 1.84. The van der Waals surface area contributed by atoms with Crippen LogP contribution in [0.2, 0.25) is 0 Å². The first-order chi connectivity index (χ1) is 10.3. The van der Waals surface area contributed by atoms with Crippen LogP contribution in [0.25, 0.3) is 11.0 Å². The SMILES string of the molecule is CCCCCCCn1c(CN)nc2cc(OCC)ccc21. The zero-order valence-corrected chi connectivity index (χ0v) is 13.3. The fraction of sp³-hybridized carbons (Fsp3) is 0.588. The molecule has 0 fully saturated rings. The van der Waals surface area contributed by atoms with Crippen LogP contribution < -0.4 is 10.5 Å². The van der Waals surface area contributed by atoms with Gasteiger partial charge in [-0.15, -0.1) is 0 Å². The molecule has 0 amide bonds. The fourth-order valence-corrected chi connectivity index (χ4v) is 2.69. The van der Waals surface area contributed by atoms with Crippen LogP contribution in [0, 0.1) is 0 Å². The molecule has 2 N–H and O–H groups in total. The number of unbranched alkanes of at least 4 members (excludes halogenated alkanes) is 4. The predicted octanol–water partition coefficient (Wildman–Crippen LogP) is 3.86. The third kappa shape index (κ3) is 3.97. The second-order valence-corrected chi connectivity index (χ2v) is 5.38. The number of nitrogens with zero attached hydrogens (tertiary/aromatic N) is 2. The first kappa shape index (κ1) is 15.8. The number of aryl methyl sites for hydroxylation is 1. The fourth-order valence-electron chi connectivity index (χ4n) is 2.69. The molecule has 2 rings (SSSR count). The average Bonchev–Trinajstić information content (AvgIpc) is 2.84. The van der Waals surface area contributed by atoms with Gasteiger partial charge in [0.05, 0.1) is 24.2 Å². The highest BCUT2D eigenvalue weighted by Gasteiger charge is 2.10. The molecule has 0 saturated carbocycles. The normalized spacial score (nSPS) is 11.2. The van der Waals surface area contributed by atoms with Gasteiger partial charge in [-0.05, 0) is 25.5 Å². The number of ether oxygens (including phenoxy) is 1. The molecule has 1 heterocycles. The van der Waals surface area contributed by atoms with Crippen LogP contribution in [0.5, 0.6) is 5.75 Å². The highest BCUT2D eigenvalue weighted by molar-refractivity contribution is 5.77. The van der Waals surface area contributed by atoms with Crippen molar-refractivity contribution in [1.82, 2.24) is 9.55 Å². The van der Waals surface area contributed by atoms with E-state index in [1.54, 1.807) is 0 Å². The summed E-state index contributed by atoms with van der Waals surface area (Å²) in [6.07, 6.45) is 6.38. The minimum atomic E-state index is 0.480. The first-order valence-corrected chi connectivity index (χ1v) is 8.12. The molecule has 0 aliphatic heterocycles. The number of aromatic nitrogens is 2. The Bertz CT molecular complexity index is 562. The van der Waals surface area contributed by atoms with E-state index in [9.17, 15) is 0 Å². The summed E-state index contributed by atoms with van der Waals surface area (Å²) < 4.78 is 7.80. The lowest BCUT2D eigenvalue weighted by atomic mass is 10.1. The molecule has 4 heteroatoms. The van der Waals surface area contributed by atoms with Gasteiger partial charge < -0.3 is 15.0 Å². The number of hydrogen-bond acceptors (Lipinski definition) is 3. The minimum Gasteiger partial charge on any atom is -0.494 e. The molecule has 0 spiro atoms. The molecule has 21 heavy (non-hydrogen) atoms. The van der Waals surface area contributed by atoms with E-state index < -0.39 is 0 Å². The first-order valence-electron chi connectivity index (χ1n) is 8.12. The Morgan fingerprint density at radius 2 is 1.95 bits per heavy atom. The van der Waals surface area contributed by atoms with E-state index in [0.29, 0.717) is 13.2 Å². The summed E-state index contributed by atoms with van der Waals surface area (Å²) in [4.78, 5) is 4.65. The summed E-state index contributed by atoms with van der Waals surface area (Å²) in [5.41, 5.74) is 7.99. The van der Waals surface area contributed by atoms with Gasteiger partial charge in [0, 0.05) is 12.6 Å². The van der Waals surface area contributed by atoms with Crippen molar-refractivity contribution < 1.29 is 4.74 Å². The van der Waals surface area contributed by atoms with Gasteiger partial charge in [-0.1, -0.05) is 32.6 Å². The van der Waals surface area contributed by atoms with E-state index in [0.717, 1.165) is 29.2 Å². The summed E-state index contributed by atoms with van der Waals surface area (Å²) in [7, 11) is 0. The Balaban J connectivity index is 2.13. The molecule has 0 bridgehead atoms. The smallest absolute Gasteiger partial charge is 0.123 e. The van der Waals surface area contributed by atoms with Crippen LogP contribution >= 0.6 is 0 Å². The minimum absolute atomic E-state index is 0.480. The maximum atomic E-state index is 5.85. The Labute approximate surface area is 127 Å². The Hall–Kier alpha value is -1.55. The van der Waals surface area contributed by atoms with E-state index in [2.05, 4.69) is 22.5 Å². The van der Waals surface area contributed by atoms with E-state index >= 15 is 0 Å². The Morgan fingerprint density at radius 3 is 2.67 bits per heavy atom. The third-order valence-electron chi connectivity index (χ3n) is 3.78. The summed E-state index contributed by atoms with van der Waals surface area (Å²) >= 11 is 0. The molecule has 116 valence electrons. The molecule has 2 aromatic rings. The van der Waals surface area contributed by atoms with Crippen molar-refractivity contribution >= 4 is 11.0 Å². The molecule has 0 aliphatic carbocycles. The molecule has 0 unspecified atom stereocenters. The summed E-state index contributed by atoms with van der Waals surface area (Å²) in [6, 6.07) is 6.12. The maximum absolute atomic E-state index is 5.85. The number of nitrogens with two attached hydrogens (primary N) is 1. The van der Waals surface area contributed by atoms with E-state index in [-0.39, 0.29) is 0 Å². The maximum Gasteiger partial charge on any atom is 0.123 e. The number of hydrogen-bond donors (Lipinski definition) is 1. The largest absolute Gasteiger partial charge is 0.494 e. The quantitative estimate of drug-likeness (QED) is 0.713. The molecule has 0 radical (unpaired) electrons. The van der Waals surface area contributed by atoms with Crippen molar-refractivity contribution in [3.05, 3.63) is 24.0 Å². The molecule has 0 aliphatic rings. The van der Waals surface area contributed by atoms with E-state index in [4.69, 9.17) is 10.5 Å². The molecule has 1 aromatic carbocycles. The summed E-state index contributed by atoms with van der Waals surface area (Å²) in [6.45, 7) is 6.39. The lowest BCUT2D eigenvalue weighted by Crippen LogP contribution is -2.08. The van der Waals surface area contributed by atoms with Gasteiger partial charge in [0.15, 0.2) is 0 Å². The van der Waals surface area contributed by atoms with Gasteiger partial charge in [0.25, 0.3) is 0 Å². The van der Waals surface area contributed by atoms with Crippen molar-refractivity contribution in [1.29, 1.82) is 0 Å². The Morgan fingerprint density at radius 1 is 1.14 bits per heavy atom. The molecule has 0 saturated heterocycles. The van der Waals surface area contributed by atoms with Gasteiger partial charge in [-0.25, -0.2) is 4.98 Å². The molecule has 0 atom stereocenters. The number of benzene rings is 1. The second-order valence-electron chi connectivity index (χ2n) is 5.38. The third-order valence-corrected chi connectivity index (χ3v) is 3.78. The van der Waals surface area contributed by atoms with E-state index in [1.165, 1.54) is 32.1 Å². The van der Waals surface area contributed by atoms with Crippen molar-refractivity contribution in [3.8, 4) is 5.75 Å². The van der Waals surface area contributed by atoms with Gasteiger partial charge in [-0.3, -0.25) is 0 Å². The van der Waals surface area contributed by atoms with Crippen molar-refractivity contribution in [2.24, 2.45) is 5.73 Å². The van der Waals surface area contributed by atoms with Crippen molar-refractivity contribution in [3.63, 3.8) is 0 Å². The van der Waals surface area contributed by atoms with Crippen LogP contribution in [-0.4, -0.2) is 16.2 Å². The molecular formula is C17H27N3O. The van der Waals surface area contributed by atoms with Gasteiger partial charge in [0.2, 0.25) is 0 Å². The predicted molar refractivity (Wildman–Crippen MR) is 87.6 cm³/mol. The zero-order chi connectivity index (χ0) is 15.1. The summed E-state index contributed by atoms with van der Waals surface area (Å²) in [5, 5.41) is 0. The number of imidazole rings is 1. The molecular weight excluding hydrogens is 262 g/mol. The second kappa shape index (κ2) is 8.03. The Kier molecular flexibility index (Phi) is 6.05. The highest BCUT2D eigenvalue weighted by atomic mass is 16.5. The van der Waals surface area contributed by atoms with Gasteiger partial charge in [0.1, 0.15) is 11.6 Å². The van der Waals surface area contributed by atoms with Crippen LogP contribution in [0.15, 0.2) is 18.2 Å². The average molecular weight is 289 g/mol. The van der Waals surface area contributed by atoms with Crippen molar-refractivity contribution in [2.75, 3.05) is 6.61 Å². The molecule has 4 nitrogen and oxygen atoms in total. The highest BCUT2D eigenvalue weighted by Crippen LogP contribution is 2.22. The monoisotopic (exact) mass is 289 g/mol. The zero-order valence-electron chi connectivity index (χ0n) is 13.3. The lowest BCUT2D eigenvalue weighted by molar-refractivity contribution is 0.340. The van der Waals surface area contributed by atoms with Crippen LogP contribution in [0.4, 0.5) is 0 Å². The van der Waals surface area contributed by atoms with Gasteiger partial charge in [-0.2, -0.15) is 0 Å².